The number of benzene rings is 2. The van der Waals surface area contributed by atoms with E-state index in [1.807, 2.05) is 13.8 Å². The fourth-order valence-electron chi connectivity index (χ4n) is 3.46. The summed E-state index contributed by atoms with van der Waals surface area (Å²) in [5.74, 6) is 1.98. The summed E-state index contributed by atoms with van der Waals surface area (Å²) in [5.41, 5.74) is 1.62. The molecule has 2 aromatic rings. The number of methoxy groups -OCH3 is 3. The second-order valence-electron chi connectivity index (χ2n) is 7.00. The molecule has 0 radical (unpaired) electrons. The van der Waals surface area contributed by atoms with E-state index in [0.29, 0.717) is 58.5 Å². The molecule has 0 atom stereocenters. The third kappa shape index (κ3) is 4.21. The average Bonchev–Trinajstić information content (AvgIpc) is 3.11. The van der Waals surface area contributed by atoms with Gasteiger partial charge < -0.3 is 28.6 Å². The largest absolute Gasteiger partial charge is 0.493 e. The molecule has 0 N–H and O–H groups in total. The zero-order valence-corrected chi connectivity index (χ0v) is 19.1. The Morgan fingerprint density at radius 2 is 1.62 bits per heavy atom. The molecule has 0 aromatic heterocycles. The lowest BCUT2D eigenvalue weighted by molar-refractivity contribution is 0.101. The van der Waals surface area contributed by atoms with Gasteiger partial charge in [0.25, 0.3) is 0 Å². The van der Waals surface area contributed by atoms with Gasteiger partial charge in [0, 0.05) is 18.7 Å². The minimum atomic E-state index is -0.449. The molecular weight excluding hydrogens is 414 g/mol. The van der Waals surface area contributed by atoms with Crippen LogP contribution in [0.1, 0.15) is 35.3 Å². The van der Waals surface area contributed by atoms with E-state index < -0.39 is 6.09 Å². The summed E-state index contributed by atoms with van der Waals surface area (Å²) < 4.78 is 27.5. The number of carbonyl (C=O) groups excluding carboxylic acids is 2. The molecule has 32 heavy (non-hydrogen) atoms. The van der Waals surface area contributed by atoms with Gasteiger partial charge >= 0.3 is 6.09 Å². The highest BCUT2D eigenvalue weighted by Crippen LogP contribution is 2.41. The standard InChI is InChI=1S/C24H27NO7/c1-7-25(8-2)24(27)32-17-10-9-16-21(26)18(31-22(16)14(17)3)11-15-12-19(28-4)23(30-6)20(13-15)29-5/h9-13H,7-8H2,1-6H3. The van der Waals surface area contributed by atoms with Crippen LogP contribution in [-0.2, 0) is 0 Å². The predicted molar refractivity (Wildman–Crippen MR) is 119 cm³/mol. The van der Waals surface area contributed by atoms with Crippen LogP contribution >= 0.6 is 0 Å². The van der Waals surface area contributed by atoms with Crippen molar-refractivity contribution in [2.75, 3.05) is 34.4 Å². The summed E-state index contributed by atoms with van der Waals surface area (Å²) in [5, 5.41) is 0. The lowest BCUT2D eigenvalue weighted by Gasteiger charge is -2.19. The van der Waals surface area contributed by atoms with Crippen LogP contribution < -0.4 is 23.7 Å². The Balaban J connectivity index is 1.93. The first-order valence-electron chi connectivity index (χ1n) is 10.2. The summed E-state index contributed by atoms with van der Waals surface area (Å²) in [6, 6.07) is 6.65. The summed E-state index contributed by atoms with van der Waals surface area (Å²) in [6.07, 6.45) is 1.16. The number of nitrogens with zero attached hydrogens (tertiary/aromatic N) is 1. The Labute approximate surface area is 187 Å². The first kappa shape index (κ1) is 23.0. The summed E-state index contributed by atoms with van der Waals surface area (Å²) in [6.45, 7) is 6.58. The van der Waals surface area contributed by atoms with E-state index >= 15 is 0 Å². The van der Waals surface area contributed by atoms with Gasteiger partial charge in [0.15, 0.2) is 17.3 Å². The topological polar surface area (TPSA) is 83.5 Å². The molecule has 1 aliphatic rings. The van der Waals surface area contributed by atoms with E-state index in [2.05, 4.69) is 0 Å². The highest BCUT2D eigenvalue weighted by molar-refractivity contribution is 6.15. The van der Waals surface area contributed by atoms with Crippen molar-refractivity contribution in [3.05, 3.63) is 46.7 Å². The van der Waals surface area contributed by atoms with Crippen molar-refractivity contribution < 1.29 is 33.3 Å². The Kier molecular flexibility index (Phi) is 6.92. The SMILES string of the molecule is CCN(CC)C(=O)Oc1ccc2c(c1C)OC(=Cc1cc(OC)c(OC)c(OC)c1)C2=O. The number of hydrogen-bond donors (Lipinski definition) is 0. The Bertz CT molecular complexity index is 1050. The van der Waals surface area contributed by atoms with Crippen molar-refractivity contribution in [1.29, 1.82) is 0 Å². The molecule has 0 unspecified atom stereocenters. The number of ketones is 1. The van der Waals surface area contributed by atoms with Crippen molar-refractivity contribution in [3.8, 4) is 28.7 Å². The number of carbonyl (C=O) groups is 2. The zero-order valence-electron chi connectivity index (χ0n) is 19.1. The number of rotatable bonds is 7. The molecule has 8 heteroatoms. The van der Waals surface area contributed by atoms with Crippen LogP contribution in [0.2, 0.25) is 0 Å². The highest BCUT2D eigenvalue weighted by Gasteiger charge is 2.31. The summed E-state index contributed by atoms with van der Waals surface area (Å²) in [4.78, 5) is 26.8. The molecule has 0 saturated carbocycles. The monoisotopic (exact) mass is 441 g/mol. The number of allylic oxidation sites excluding steroid dienone is 1. The van der Waals surface area contributed by atoms with Crippen molar-refractivity contribution in [1.82, 2.24) is 4.90 Å². The van der Waals surface area contributed by atoms with Gasteiger partial charge in [0.2, 0.25) is 11.5 Å². The normalized spacial score (nSPS) is 13.4. The number of hydrogen-bond acceptors (Lipinski definition) is 7. The molecule has 1 heterocycles. The lowest BCUT2D eigenvalue weighted by atomic mass is 10.1. The molecule has 0 fully saturated rings. The van der Waals surface area contributed by atoms with Gasteiger partial charge in [0.1, 0.15) is 11.5 Å². The minimum Gasteiger partial charge on any atom is -0.493 e. The van der Waals surface area contributed by atoms with E-state index in [4.69, 9.17) is 23.7 Å². The third-order valence-electron chi connectivity index (χ3n) is 5.24. The van der Waals surface area contributed by atoms with E-state index in [1.165, 1.54) is 21.3 Å². The average molecular weight is 441 g/mol. The van der Waals surface area contributed by atoms with Gasteiger partial charge in [-0.05, 0) is 56.7 Å². The third-order valence-corrected chi connectivity index (χ3v) is 5.24. The fraction of sp³-hybridized carbons (Fsp3) is 0.333. The van der Waals surface area contributed by atoms with Crippen LogP contribution in [0.25, 0.3) is 6.08 Å². The first-order valence-corrected chi connectivity index (χ1v) is 10.2. The van der Waals surface area contributed by atoms with Gasteiger partial charge in [-0.25, -0.2) is 4.79 Å². The van der Waals surface area contributed by atoms with Gasteiger partial charge in [-0.2, -0.15) is 0 Å². The molecule has 1 aliphatic heterocycles. The maximum atomic E-state index is 12.9. The van der Waals surface area contributed by atoms with Crippen molar-refractivity contribution >= 4 is 18.0 Å². The Morgan fingerprint density at radius 3 is 2.16 bits per heavy atom. The number of Topliss-reactive ketones (excluding diaryl/α,β-unsaturated/α-hetero) is 1. The predicted octanol–water partition coefficient (Wildman–Crippen LogP) is 4.48. The van der Waals surface area contributed by atoms with Gasteiger partial charge in [-0.15, -0.1) is 0 Å². The van der Waals surface area contributed by atoms with Crippen LogP contribution in [0.15, 0.2) is 30.0 Å². The summed E-state index contributed by atoms with van der Waals surface area (Å²) >= 11 is 0. The molecule has 1 amide bonds. The van der Waals surface area contributed by atoms with Crippen molar-refractivity contribution in [2.45, 2.75) is 20.8 Å². The molecule has 8 nitrogen and oxygen atoms in total. The highest BCUT2D eigenvalue weighted by atomic mass is 16.6. The fourth-order valence-corrected chi connectivity index (χ4v) is 3.46. The van der Waals surface area contributed by atoms with Gasteiger partial charge in [-0.1, -0.05) is 0 Å². The van der Waals surface area contributed by atoms with Crippen LogP contribution in [0.3, 0.4) is 0 Å². The lowest BCUT2D eigenvalue weighted by Crippen LogP contribution is -2.33. The Morgan fingerprint density at radius 1 is 1.00 bits per heavy atom. The zero-order chi connectivity index (χ0) is 23.4. The molecule has 0 bridgehead atoms. The van der Waals surface area contributed by atoms with Crippen LogP contribution in [0, 0.1) is 6.92 Å². The van der Waals surface area contributed by atoms with Gasteiger partial charge in [-0.3, -0.25) is 4.79 Å². The van der Waals surface area contributed by atoms with Crippen molar-refractivity contribution in [3.63, 3.8) is 0 Å². The second kappa shape index (κ2) is 9.64. The van der Waals surface area contributed by atoms with E-state index in [1.54, 1.807) is 42.2 Å². The maximum Gasteiger partial charge on any atom is 0.415 e. The second-order valence-corrected chi connectivity index (χ2v) is 7.00. The molecule has 2 aromatic carbocycles. The van der Waals surface area contributed by atoms with Crippen LogP contribution in [0.4, 0.5) is 4.79 Å². The molecule has 0 saturated heterocycles. The molecule has 0 aliphatic carbocycles. The Hall–Kier alpha value is -3.68. The van der Waals surface area contributed by atoms with Crippen molar-refractivity contribution in [2.24, 2.45) is 0 Å². The van der Waals surface area contributed by atoms with E-state index in [9.17, 15) is 9.59 Å². The van der Waals surface area contributed by atoms with Crippen LogP contribution in [-0.4, -0.2) is 51.2 Å². The van der Waals surface area contributed by atoms with E-state index in [0.717, 1.165) is 0 Å². The quantitative estimate of drug-likeness (QED) is 0.586. The smallest absolute Gasteiger partial charge is 0.415 e. The number of fused-ring (bicyclic) bond motifs is 1. The number of ether oxygens (including phenoxy) is 5. The minimum absolute atomic E-state index is 0.143. The molecular formula is C24H27NO7. The summed E-state index contributed by atoms with van der Waals surface area (Å²) in [7, 11) is 4.56. The molecule has 170 valence electrons. The number of amides is 1. The molecule has 3 rings (SSSR count). The molecule has 0 spiro atoms. The maximum absolute atomic E-state index is 12.9. The van der Waals surface area contributed by atoms with E-state index in [-0.39, 0.29) is 11.5 Å². The van der Waals surface area contributed by atoms with Crippen LogP contribution in [0.5, 0.6) is 28.7 Å². The first-order chi connectivity index (χ1) is 15.4. The van der Waals surface area contributed by atoms with Gasteiger partial charge in [0.05, 0.1) is 26.9 Å².